The summed E-state index contributed by atoms with van der Waals surface area (Å²) >= 11 is 2.14. The van der Waals surface area contributed by atoms with Crippen LogP contribution in [-0.2, 0) is 9.59 Å². The molecule has 6 rings (SSSR count). The average Bonchev–Trinajstić information content (AvgIpc) is 3.33. The Labute approximate surface area is 187 Å². The predicted molar refractivity (Wildman–Crippen MR) is 122 cm³/mol. The summed E-state index contributed by atoms with van der Waals surface area (Å²) in [6, 6.07) is 16.4. The number of rotatable bonds is 3. The molecule has 0 unspecified atom stereocenters. The van der Waals surface area contributed by atoms with E-state index in [0.717, 1.165) is 17.3 Å². The van der Waals surface area contributed by atoms with Crippen LogP contribution in [0.4, 0.5) is 0 Å². The molecule has 1 fully saturated rings. The molecule has 0 aliphatic carbocycles. The summed E-state index contributed by atoms with van der Waals surface area (Å²) in [5, 5.41) is -0.841. The average molecular weight is 461 g/mol. The van der Waals surface area contributed by atoms with Crippen LogP contribution in [0.15, 0.2) is 64.5 Å². The van der Waals surface area contributed by atoms with Crippen LogP contribution in [0, 0.1) is 0 Å². The molecule has 4 heterocycles. The van der Waals surface area contributed by atoms with E-state index in [1.807, 2.05) is 30.3 Å². The van der Waals surface area contributed by atoms with E-state index in [9.17, 15) is 14.4 Å². The first-order valence-corrected chi connectivity index (χ1v) is 11.2. The van der Waals surface area contributed by atoms with E-state index in [2.05, 4.69) is 20.8 Å². The van der Waals surface area contributed by atoms with Gasteiger partial charge in [-0.1, -0.05) is 42.1 Å². The van der Waals surface area contributed by atoms with Gasteiger partial charge in [0.15, 0.2) is 10.4 Å². The van der Waals surface area contributed by atoms with Crippen molar-refractivity contribution in [3.8, 4) is 5.69 Å². The number of carbonyl (C=O) groups is 2. The Morgan fingerprint density at radius 1 is 0.812 bits per heavy atom. The number of hydrogen-bond donors (Lipinski definition) is 2. The van der Waals surface area contributed by atoms with Crippen LogP contribution >= 0.6 is 23.1 Å². The molecule has 11 heteroatoms. The number of aromatic nitrogens is 4. The third-order valence-electron chi connectivity index (χ3n) is 5.00. The van der Waals surface area contributed by atoms with E-state index in [4.69, 9.17) is 4.98 Å². The molecule has 32 heavy (non-hydrogen) atoms. The molecule has 9 nitrogen and oxygen atoms in total. The number of nitrogens with zero attached hydrogens (tertiary/aromatic N) is 4. The quantitative estimate of drug-likeness (QED) is 0.313. The zero-order chi connectivity index (χ0) is 21.8. The number of hydrazine groups is 1. The van der Waals surface area contributed by atoms with Crippen molar-refractivity contribution in [1.82, 2.24) is 30.4 Å². The van der Waals surface area contributed by atoms with Gasteiger partial charge in [0.1, 0.15) is 20.6 Å². The van der Waals surface area contributed by atoms with Gasteiger partial charge in [-0.15, -0.1) is 11.3 Å². The summed E-state index contributed by atoms with van der Waals surface area (Å²) in [5.74, 6) is -0.982. The summed E-state index contributed by atoms with van der Waals surface area (Å²) < 4.78 is 1.82. The Morgan fingerprint density at radius 2 is 1.47 bits per heavy atom. The molecule has 0 saturated carbocycles. The summed E-state index contributed by atoms with van der Waals surface area (Å²) in [5.41, 5.74) is 7.21. The maximum Gasteiger partial charge on any atom is 0.276 e. The number of nitrogens with one attached hydrogen (secondary N) is 2. The van der Waals surface area contributed by atoms with Gasteiger partial charge in [-0.25, -0.2) is 15.0 Å². The van der Waals surface area contributed by atoms with Crippen molar-refractivity contribution in [2.45, 2.75) is 10.4 Å². The van der Waals surface area contributed by atoms with Crippen molar-refractivity contribution >= 4 is 66.5 Å². The zero-order valence-electron chi connectivity index (χ0n) is 16.1. The number of benzene rings is 2. The van der Waals surface area contributed by atoms with Crippen LogP contribution in [-0.4, -0.2) is 36.6 Å². The third-order valence-corrected chi connectivity index (χ3v) is 7.19. The fourth-order valence-electron chi connectivity index (χ4n) is 3.51. The molecule has 2 aromatic carbocycles. The van der Waals surface area contributed by atoms with Crippen molar-refractivity contribution in [2.24, 2.45) is 0 Å². The van der Waals surface area contributed by atoms with Gasteiger partial charge < -0.3 is 0 Å². The number of para-hydroxylation sites is 3. The Balaban J connectivity index is 1.66. The lowest BCUT2D eigenvalue weighted by atomic mass is 10.3. The van der Waals surface area contributed by atoms with Gasteiger partial charge in [0, 0.05) is 0 Å². The zero-order valence-corrected chi connectivity index (χ0v) is 17.7. The number of thiophene rings is 1. The molecule has 0 atom stereocenters. The number of amides is 2. The minimum absolute atomic E-state index is 0.223. The standard InChI is InChI=1S/C21H12N6O3S2/c28-17-16(18(29)26-25-17)32-21-24-13-14-19(23-12-9-5-4-8-11(12)22-14)31-15(13)20(30)27(21)10-6-2-1-3-7-10/h1-9,16H,(H,25,28)(H,26,29). The van der Waals surface area contributed by atoms with E-state index < -0.39 is 17.1 Å². The van der Waals surface area contributed by atoms with Crippen molar-refractivity contribution < 1.29 is 9.59 Å². The van der Waals surface area contributed by atoms with Crippen LogP contribution in [0.3, 0.4) is 0 Å². The number of thioether (sulfide) groups is 1. The van der Waals surface area contributed by atoms with E-state index in [1.165, 1.54) is 15.9 Å². The maximum absolute atomic E-state index is 13.6. The smallest absolute Gasteiger partial charge is 0.271 e. The van der Waals surface area contributed by atoms with E-state index in [0.29, 0.717) is 31.8 Å². The fourth-order valence-corrected chi connectivity index (χ4v) is 5.49. The van der Waals surface area contributed by atoms with Crippen LogP contribution < -0.4 is 16.4 Å². The Kier molecular flexibility index (Phi) is 4.20. The fraction of sp³-hybridized carbons (Fsp3) is 0.0476. The van der Waals surface area contributed by atoms with Crippen LogP contribution in [0.25, 0.3) is 37.3 Å². The normalized spacial score (nSPS) is 14.4. The molecule has 1 aliphatic rings. The van der Waals surface area contributed by atoms with E-state index >= 15 is 0 Å². The van der Waals surface area contributed by atoms with E-state index in [1.54, 1.807) is 24.3 Å². The summed E-state index contributed by atoms with van der Waals surface area (Å²) in [7, 11) is 0. The molecule has 0 spiro atoms. The van der Waals surface area contributed by atoms with Crippen molar-refractivity contribution in [3.63, 3.8) is 0 Å². The largest absolute Gasteiger partial charge is 0.276 e. The molecular weight excluding hydrogens is 448 g/mol. The highest BCUT2D eigenvalue weighted by molar-refractivity contribution is 8.01. The van der Waals surface area contributed by atoms with Gasteiger partial charge in [-0.3, -0.25) is 29.8 Å². The molecule has 1 saturated heterocycles. The van der Waals surface area contributed by atoms with Gasteiger partial charge in [-0.2, -0.15) is 0 Å². The highest BCUT2D eigenvalue weighted by Crippen LogP contribution is 2.33. The molecule has 5 aromatic rings. The Hall–Kier alpha value is -3.83. The molecule has 2 N–H and O–H groups in total. The first-order valence-electron chi connectivity index (χ1n) is 9.54. The molecular formula is C21H12N6O3S2. The minimum atomic E-state index is -1.06. The van der Waals surface area contributed by atoms with Crippen LogP contribution in [0.5, 0.6) is 0 Å². The van der Waals surface area contributed by atoms with Crippen molar-refractivity contribution in [2.75, 3.05) is 0 Å². The molecule has 1 aliphatic heterocycles. The summed E-state index contributed by atoms with van der Waals surface area (Å²) in [6.45, 7) is 0. The van der Waals surface area contributed by atoms with Gasteiger partial charge in [0.2, 0.25) is 0 Å². The lowest BCUT2D eigenvalue weighted by Gasteiger charge is -2.13. The second-order valence-corrected chi connectivity index (χ2v) is 9.06. The Morgan fingerprint density at radius 3 is 2.19 bits per heavy atom. The molecule has 156 valence electrons. The van der Waals surface area contributed by atoms with Crippen LogP contribution in [0.2, 0.25) is 0 Å². The van der Waals surface area contributed by atoms with Gasteiger partial charge in [0.05, 0.1) is 16.7 Å². The predicted octanol–water partition coefficient (Wildman–Crippen LogP) is 2.17. The minimum Gasteiger partial charge on any atom is -0.271 e. The monoisotopic (exact) mass is 460 g/mol. The first-order chi connectivity index (χ1) is 15.6. The maximum atomic E-state index is 13.6. The number of hydrogen-bond acceptors (Lipinski definition) is 8. The van der Waals surface area contributed by atoms with Crippen LogP contribution in [0.1, 0.15) is 0 Å². The SMILES string of the molecule is O=C1NNC(=O)C1Sc1nc2c(sc3nc4ccccc4nc32)c(=O)n1-c1ccccc1. The lowest BCUT2D eigenvalue weighted by Crippen LogP contribution is -2.28. The summed E-state index contributed by atoms with van der Waals surface area (Å²) in [6.07, 6.45) is 0. The van der Waals surface area contributed by atoms with Gasteiger partial charge in [-0.05, 0) is 24.3 Å². The highest BCUT2D eigenvalue weighted by atomic mass is 32.2. The molecule has 0 radical (unpaired) electrons. The molecule has 0 bridgehead atoms. The van der Waals surface area contributed by atoms with Crippen molar-refractivity contribution in [1.29, 1.82) is 0 Å². The lowest BCUT2D eigenvalue weighted by molar-refractivity contribution is -0.121. The molecule has 3 aromatic heterocycles. The second-order valence-electron chi connectivity index (χ2n) is 6.99. The second kappa shape index (κ2) is 7.11. The number of fused-ring (bicyclic) bond motifs is 4. The van der Waals surface area contributed by atoms with Crippen molar-refractivity contribution in [3.05, 3.63) is 65.0 Å². The van der Waals surface area contributed by atoms with Gasteiger partial charge >= 0.3 is 0 Å². The Bertz CT molecular complexity index is 1610. The third kappa shape index (κ3) is 2.86. The molecule has 2 amide bonds. The number of carbonyl (C=O) groups excluding carboxylic acids is 2. The summed E-state index contributed by atoms with van der Waals surface area (Å²) in [4.78, 5) is 52.5. The van der Waals surface area contributed by atoms with Gasteiger partial charge in [0.25, 0.3) is 17.4 Å². The topological polar surface area (TPSA) is 119 Å². The van der Waals surface area contributed by atoms with E-state index in [-0.39, 0.29) is 10.7 Å². The highest BCUT2D eigenvalue weighted by Gasteiger charge is 2.36. The first kappa shape index (κ1) is 18.9.